The fraction of sp³-hybridized carbons (Fsp3) is 0.435. The molecule has 1 heterocycles. The zero-order chi connectivity index (χ0) is 25.3. The van der Waals surface area contributed by atoms with E-state index in [1.54, 1.807) is 4.90 Å². The van der Waals surface area contributed by atoms with Crippen LogP contribution in [0.3, 0.4) is 0 Å². The van der Waals surface area contributed by atoms with E-state index in [0.29, 0.717) is 25.2 Å². The standard InChI is InChI=1S/C23H22F8N2O/c1-21(33-8-2-3-9-33,15-4-5-18(24)19(25)13-15)20(34)32-7-6-14-10-16(22(26,27)28)12-17(11-14)23(29,30)31/h4-5,10-13H,2-3,6-9H2,1H3,(H,32,34). The van der Waals surface area contributed by atoms with Crippen molar-refractivity contribution in [3.63, 3.8) is 0 Å². The molecule has 1 saturated heterocycles. The van der Waals surface area contributed by atoms with E-state index in [1.807, 2.05) is 0 Å². The molecule has 1 N–H and O–H groups in total. The van der Waals surface area contributed by atoms with Crippen molar-refractivity contribution in [3.8, 4) is 0 Å². The van der Waals surface area contributed by atoms with Gasteiger partial charge in [0.15, 0.2) is 11.6 Å². The van der Waals surface area contributed by atoms with E-state index in [0.717, 1.165) is 25.0 Å². The summed E-state index contributed by atoms with van der Waals surface area (Å²) in [5.74, 6) is -2.85. The van der Waals surface area contributed by atoms with Gasteiger partial charge < -0.3 is 5.32 Å². The highest BCUT2D eigenvalue weighted by atomic mass is 19.4. The predicted molar refractivity (Wildman–Crippen MR) is 108 cm³/mol. The Morgan fingerprint density at radius 1 is 0.853 bits per heavy atom. The summed E-state index contributed by atoms with van der Waals surface area (Å²) in [7, 11) is 0. The van der Waals surface area contributed by atoms with E-state index in [9.17, 15) is 39.9 Å². The summed E-state index contributed by atoms with van der Waals surface area (Å²) in [5.41, 5.74) is -4.35. The van der Waals surface area contributed by atoms with Crippen LogP contribution in [-0.2, 0) is 29.1 Å². The smallest absolute Gasteiger partial charge is 0.354 e. The molecule has 2 aromatic carbocycles. The maximum Gasteiger partial charge on any atom is 0.416 e. The number of nitrogens with one attached hydrogen (secondary N) is 1. The highest BCUT2D eigenvalue weighted by Gasteiger charge is 2.42. The summed E-state index contributed by atoms with van der Waals surface area (Å²) in [6, 6.07) is 4.34. The lowest BCUT2D eigenvalue weighted by Crippen LogP contribution is -2.54. The molecular weight excluding hydrogens is 472 g/mol. The van der Waals surface area contributed by atoms with Crippen molar-refractivity contribution in [2.45, 2.75) is 44.1 Å². The summed E-state index contributed by atoms with van der Waals surface area (Å²) in [6.07, 6.45) is -8.69. The number of alkyl halides is 6. The Hall–Kier alpha value is -2.69. The molecule has 0 aromatic heterocycles. The average Bonchev–Trinajstić information content (AvgIpc) is 3.29. The van der Waals surface area contributed by atoms with Crippen molar-refractivity contribution >= 4 is 5.91 Å². The first-order valence-corrected chi connectivity index (χ1v) is 10.5. The number of carbonyl (C=O) groups excluding carboxylic acids is 1. The molecule has 0 bridgehead atoms. The van der Waals surface area contributed by atoms with Crippen molar-refractivity contribution in [3.05, 3.63) is 70.3 Å². The van der Waals surface area contributed by atoms with Gasteiger partial charge in [-0.2, -0.15) is 26.3 Å². The van der Waals surface area contributed by atoms with E-state index >= 15 is 0 Å². The minimum Gasteiger partial charge on any atom is -0.354 e. The van der Waals surface area contributed by atoms with Gasteiger partial charge in [0.05, 0.1) is 11.1 Å². The first-order valence-electron chi connectivity index (χ1n) is 10.5. The first kappa shape index (κ1) is 25.9. The summed E-state index contributed by atoms with van der Waals surface area (Å²) >= 11 is 0. The summed E-state index contributed by atoms with van der Waals surface area (Å²) in [4.78, 5) is 14.9. The maximum absolute atomic E-state index is 13.9. The quantitative estimate of drug-likeness (QED) is 0.525. The van der Waals surface area contributed by atoms with Gasteiger partial charge in [0.1, 0.15) is 5.54 Å². The lowest BCUT2D eigenvalue weighted by molar-refractivity contribution is -0.143. The third kappa shape index (κ3) is 5.51. The van der Waals surface area contributed by atoms with Gasteiger partial charge in [0.25, 0.3) is 0 Å². The van der Waals surface area contributed by atoms with Crippen LogP contribution in [-0.4, -0.2) is 30.4 Å². The lowest BCUT2D eigenvalue weighted by atomic mass is 9.88. The lowest BCUT2D eigenvalue weighted by Gasteiger charge is -2.38. The Labute approximate surface area is 190 Å². The number of rotatable bonds is 6. The van der Waals surface area contributed by atoms with Crippen LogP contribution in [0.5, 0.6) is 0 Å². The molecule has 186 valence electrons. The van der Waals surface area contributed by atoms with Crippen molar-refractivity contribution in [1.82, 2.24) is 10.2 Å². The Morgan fingerprint density at radius 3 is 1.91 bits per heavy atom. The van der Waals surface area contributed by atoms with E-state index in [1.165, 1.54) is 13.0 Å². The molecule has 0 radical (unpaired) electrons. The second-order valence-corrected chi connectivity index (χ2v) is 8.32. The van der Waals surface area contributed by atoms with Crippen LogP contribution in [0.2, 0.25) is 0 Å². The van der Waals surface area contributed by atoms with Gasteiger partial charge in [-0.05, 0) is 80.7 Å². The topological polar surface area (TPSA) is 32.3 Å². The van der Waals surface area contributed by atoms with E-state index in [2.05, 4.69) is 5.32 Å². The van der Waals surface area contributed by atoms with E-state index in [4.69, 9.17) is 0 Å². The number of halogens is 8. The number of hydrogen-bond acceptors (Lipinski definition) is 2. The third-order valence-corrected chi connectivity index (χ3v) is 6.01. The molecule has 3 nitrogen and oxygen atoms in total. The zero-order valence-electron chi connectivity index (χ0n) is 18.1. The second kappa shape index (κ2) is 9.52. The summed E-state index contributed by atoms with van der Waals surface area (Å²) in [6.45, 7) is 2.27. The second-order valence-electron chi connectivity index (χ2n) is 8.32. The SMILES string of the molecule is CC(C(=O)NCCc1cc(C(F)(F)F)cc(C(F)(F)F)c1)(c1ccc(F)c(F)c1)N1CCCC1. The summed E-state index contributed by atoms with van der Waals surface area (Å²) < 4.78 is 106. The third-order valence-electron chi connectivity index (χ3n) is 6.01. The van der Waals surface area contributed by atoms with Crippen molar-refractivity contribution < 1.29 is 39.9 Å². The van der Waals surface area contributed by atoms with Crippen LogP contribution in [0.1, 0.15) is 42.0 Å². The minimum atomic E-state index is -4.97. The number of carbonyl (C=O) groups is 1. The number of amides is 1. The molecule has 2 aromatic rings. The average molecular weight is 494 g/mol. The molecule has 1 amide bonds. The van der Waals surface area contributed by atoms with E-state index in [-0.39, 0.29) is 30.2 Å². The van der Waals surface area contributed by atoms with Crippen molar-refractivity contribution in [2.24, 2.45) is 0 Å². The number of benzene rings is 2. The van der Waals surface area contributed by atoms with Gasteiger partial charge >= 0.3 is 12.4 Å². The van der Waals surface area contributed by atoms with Crippen LogP contribution in [0, 0.1) is 11.6 Å². The van der Waals surface area contributed by atoms with Gasteiger partial charge in [0.2, 0.25) is 5.91 Å². The molecule has 1 aliphatic heterocycles. The predicted octanol–water partition coefficient (Wildman–Crippen LogP) is 5.67. The Kier molecular flexibility index (Phi) is 7.26. The van der Waals surface area contributed by atoms with Crippen LogP contribution < -0.4 is 5.32 Å². The zero-order valence-corrected chi connectivity index (χ0v) is 18.1. The molecule has 34 heavy (non-hydrogen) atoms. The number of likely N-dealkylation sites (tertiary alicyclic amines) is 1. The van der Waals surface area contributed by atoms with Crippen LogP contribution in [0.4, 0.5) is 35.1 Å². The van der Waals surface area contributed by atoms with Gasteiger partial charge in [-0.25, -0.2) is 8.78 Å². The van der Waals surface area contributed by atoms with Crippen LogP contribution >= 0.6 is 0 Å². The minimum absolute atomic E-state index is 0.0373. The van der Waals surface area contributed by atoms with Gasteiger partial charge in [-0.3, -0.25) is 9.69 Å². The van der Waals surface area contributed by atoms with Crippen LogP contribution in [0.25, 0.3) is 0 Å². The molecule has 1 atom stereocenters. The Balaban J connectivity index is 1.82. The largest absolute Gasteiger partial charge is 0.416 e. The Bertz CT molecular complexity index is 1010. The number of hydrogen-bond donors (Lipinski definition) is 1. The normalized spacial score (nSPS) is 17.0. The van der Waals surface area contributed by atoms with Gasteiger partial charge in [0, 0.05) is 6.54 Å². The van der Waals surface area contributed by atoms with Gasteiger partial charge in [-0.15, -0.1) is 0 Å². The van der Waals surface area contributed by atoms with Gasteiger partial charge in [-0.1, -0.05) is 6.07 Å². The Morgan fingerprint density at radius 2 is 1.41 bits per heavy atom. The highest BCUT2D eigenvalue weighted by Crippen LogP contribution is 2.37. The molecule has 0 aliphatic carbocycles. The molecule has 1 aliphatic rings. The summed E-state index contributed by atoms with van der Waals surface area (Å²) in [5, 5.41) is 2.54. The van der Waals surface area contributed by atoms with E-state index < -0.39 is 46.6 Å². The molecule has 1 unspecified atom stereocenters. The molecule has 0 saturated carbocycles. The highest BCUT2D eigenvalue weighted by molar-refractivity contribution is 5.87. The van der Waals surface area contributed by atoms with Crippen molar-refractivity contribution in [2.75, 3.05) is 19.6 Å². The molecule has 0 spiro atoms. The first-order chi connectivity index (χ1) is 15.7. The van der Waals surface area contributed by atoms with Crippen molar-refractivity contribution in [1.29, 1.82) is 0 Å². The molecular formula is C23H22F8N2O. The fourth-order valence-electron chi connectivity index (χ4n) is 4.08. The molecule has 3 rings (SSSR count). The van der Waals surface area contributed by atoms with Crippen LogP contribution in [0.15, 0.2) is 36.4 Å². The maximum atomic E-state index is 13.9. The monoisotopic (exact) mass is 494 g/mol. The molecule has 1 fully saturated rings. The molecule has 11 heteroatoms. The fourth-order valence-corrected chi connectivity index (χ4v) is 4.08. The number of nitrogens with zero attached hydrogens (tertiary/aromatic N) is 1.